The lowest BCUT2D eigenvalue weighted by atomic mass is 10.1. The first kappa shape index (κ1) is 21.8. The van der Waals surface area contributed by atoms with Crippen LogP contribution < -0.4 is 4.72 Å². The lowest BCUT2D eigenvalue weighted by Gasteiger charge is -2.29. The molecule has 0 aliphatic heterocycles. The molecule has 0 aliphatic carbocycles. The third-order valence-electron chi connectivity index (χ3n) is 5.01. The second kappa shape index (κ2) is 9.73. The van der Waals surface area contributed by atoms with Crippen molar-refractivity contribution in [3.8, 4) is 0 Å². The van der Waals surface area contributed by atoms with Gasteiger partial charge in [0.15, 0.2) is 0 Å². The third-order valence-corrected chi connectivity index (χ3v) is 6.42. The van der Waals surface area contributed by atoms with Gasteiger partial charge in [0.25, 0.3) is 5.91 Å². The number of furan rings is 1. The Hall–Kier alpha value is -2.90. The van der Waals surface area contributed by atoms with Crippen LogP contribution in [0.1, 0.15) is 41.9 Å². The summed E-state index contributed by atoms with van der Waals surface area (Å²) in [6.45, 7) is 4.61. The summed E-state index contributed by atoms with van der Waals surface area (Å²) in [6.07, 6.45) is 2.31. The van der Waals surface area contributed by atoms with Crippen LogP contribution in [0.3, 0.4) is 0 Å². The maximum Gasteiger partial charge on any atom is 0.254 e. The predicted octanol–water partition coefficient (Wildman–Crippen LogP) is 4.20. The number of hydrogen-bond acceptors (Lipinski definition) is 4. The molecule has 158 valence electrons. The molecule has 1 amide bonds. The fourth-order valence-corrected chi connectivity index (χ4v) is 4.03. The zero-order valence-electron chi connectivity index (χ0n) is 17.1. The number of benzene rings is 2. The van der Waals surface area contributed by atoms with E-state index in [1.54, 1.807) is 24.3 Å². The molecule has 6 nitrogen and oxygen atoms in total. The van der Waals surface area contributed by atoms with E-state index in [1.165, 1.54) is 18.4 Å². The number of carbonyl (C=O) groups is 1. The molecule has 0 saturated heterocycles. The standard InChI is InChI=1S/C23H26N2O4S/c1-3-18(2)25(17-19-8-5-4-6-9-19)23(26)20-11-13-22(14-12-20)30(27,28)24-16-21-10-7-15-29-21/h4-15,18,24H,3,16-17H2,1-2H3. The van der Waals surface area contributed by atoms with Gasteiger partial charge in [0.2, 0.25) is 10.0 Å². The molecule has 3 aromatic rings. The number of rotatable bonds is 9. The Morgan fingerprint density at radius 1 is 1.03 bits per heavy atom. The highest BCUT2D eigenvalue weighted by atomic mass is 32.2. The van der Waals surface area contributed by atoms with E-state index in [1.807, 2.05) is 49.1 Å². The van der Waals surface area contributed by atoms with Crippen LogP contribution in [0.25, 0.3) is 0 Å². The molecule has 1 atom stereocenters. The minimum Gasteiger partial charge on any atom is -0.468 e. The van der Waals surface area contributed by atoms with E-state index in [-0.39, 0.29) is 23.4 Å². The first-order valence-electron chi connectivity index (χ1n) is 9.87. The Morgan fingerprint density at radius 2 is 1.73 bits per heavy atom. The Kier molecular flexibility index (Phi) is 7.07. The second-order valence-electron chi connectivity index (χ2n) is 7.10. The fourth-order valence-electron chi connectivity index (χ4n) is 3.03. The van der Waals surface area contributed by atoms with Crippen molar-refractivity contribution in [1.29, 1.82) is 0 Å². The van der Waals surface area contributed by atoms with Gasteiger partial charge in [0.05, 0.1) is 17.7 Å². The monoisotopic (exact) mass is 426 g/mol. The van der Waals surface area contributed by atoms with Crippen LogP contribution in [-0.4, -0.2) is 25.3 Å². The maximum absolute atomic E-state index is 13.1. The van der Waals surface area contributed by atoms with Crippen LogP contribution in [0.4, 0.5) is 0 Å². The van der Waals surface area contributed by atoms with Crippen LogP contribution >= 0.6 is 0 Å². The zero-order valence-corrected chi connectivity index (χ0v) is 17.9. The lowest BCUT2D eigenvalue weighted by Crippen LogP contribution is -2.37. The largest absolute Gasteiger partial charge is 0.468 e. The molecule has 0 spiro atoms. The quantitative estimate of drug-likeness (QED) is 0.556. The van der Waals surface area contributed by atoms with Gasteiger partial charge in [0.1, 0.15) is 5.76 Å². The molecule has 1 heterocycles. The molecular weight excluding hydrogens is 400 g/mol. The molecule has 1 aromatic heterocycles. The number of carbonyl (C=O) groups excluding carboxylic acids is 1. The molecule has 3 rings (SSSR count). The summed E-state index contributed by atoms with van der Waals surface area (Å²) in [5.74, 6) is 0.399. The van der Waals surface area contributed by atoms with E-state index in [0.717, 1.165) is 12.0 Å². The van der Waals surface area contributed by atoms with Crippen LogP contribution in [0.5, 0.6) is 0 Å². The van der Waals surface area contributed by atoms with Crippen molar-refractivity contribution in [2.45, 2.75) is 44.3 Å². The average molecular weight is 427 g/mol. The van der Waals surface area contributed by atoms with E-state index in [2.05, 4.69) is 4.72 Å². The molecule has 7 heteroatoms. The molecule has 2 aromatic carbocycles. The van der Waals surface area contributed by atoms with Gasteiger partial charge in [-0.25, -0.2) is 13.1 Å². The summed E-state index contributed by atoms with van der Waals surface area (Å²) >= 11 is 0. The summed E-state index contributed by atoms with van der Waals surface area (Å²) in [7, 11) is -3.70. The maximum atomic E-state index is 13.1. The van der Waals surface area contributed by atoms with Gasteiger partial charge in [-0.2, -0.15) is 0 Å². The molecule has 0 aliphatic rings. The highest BCUT2D eigenvalue weighted by molar-refractivity contribution is 7.89. The van der Waals surface area contributed by atoms with Crippen molar-refractivity contribution in [3.05, 3.63) is 89.9 Å². The normalized spacial score (nSPS) is 12.5. The molecule has 1 unspecified atom stereocenters. The number of sulfonamides is 1. The summed E-state index contributed by atoms with van der Waals surface area (Å²) in [5.41, 5.74) is 1.50. The first-order chi connectivity index (χ1) is 14.4. The fraction of sp³-hybridized carbons (Fsp3) is 0.261. The van der Waals surface area contributed by atoms with Crippen LogP contribution in [0.2, 0.25) is 0 Å². The van der Waals surface area contributed by atoms with E-state index in [0.29, 0.717) is 17.9 Å². The zero-order chi connectivity index (χ0) is 21.6. The SMILES string of the molecule is CCC(C)N(Cc1ccccc1)C(=O)c1ccc(S(=O)(=O)NCc2ccco2)cc1. The topological polar surface area (TPSA) is 79.6 Å². The van der Waals surface area contributed by atoms with Gasteiger partial charge in [-0.15, -0.1) is 0 Å². The highest BCUT2D eigenvalue weighted by Crippen LogP contribution is 2.18. The minimum absolute atomic E-state index is 0.0519. The van der Waals surface area contributed by atoms with Crippen molar-refractivity contribution in [3.63, 3.8) is 0 Å². The van der Waals surface area contributed by atoms with E-state index >= 15 is 0 Å². The molecule has 0 radical (unpaired) electrons. The summed E-state index contributed by atoms with van der Waals surface area (Å²) in [6, 6.07) is 19.3. The van der Waals surface area contributed by atoms with Crippen molar-refractivity contribution < 1.29 is 17.6 Å². The summed E-state index contributed by atoms with van der Waals surface area (Å²) in [5, 5.41) is 0. The van der Waals surface area contributed by atoms with Crippen LogP contribution in [-0.2, 0) is 23.1 Å². The summed E-state index contributed by atoms with van der Waals surface area (Å²) in [4.78, 5) is 15.1. The summed E-state index contributed by atoms with van der Waals surface area (Å²) < 4.78 is 32.6. The Bertz CT molecular complexity index is 1050. The van der Waals surface area contributed by atoms with E-state index in [9.17, 15) is 13.2 Å². The van der Waals surface area contributed by atoms with E-state index in [4.69, 9.17) is 4.42 Å². The Balaban J connectivity index is 1.74. The van der Waals surface area contributed by atoms with Crippen LogP contribution in [0.15, 0.2) is 82.3 Å². The molecule has 1 N–H and O–H groups in total. The van der Waals surface area contributed by atoms with Gasteiger partial charge in [-0.05, 0) is 55.3 Å². The smallest absolute Gasteiger partial charge is 0.254 e. The third kappa shape index (κ3) is 5.37. The van der Waals surface area contributed by atoms with E-state index < -0.39 is 10.0 Å². The predicted molar refractivity (Wildman–Crippen MR) is 115 cm³/mol. The molecular formula is C23H26N2O4S. The molecule has 30 heavy (non-hydrogen) atoms. The highest BCUT2D eigenvalue weighted by Gasteiger charge is 2.22. The van der Waals surface area contributed by atoms with Crippen molar-refractivity contribution >= 4 is 15.9 Å². The first-order valence-corrected chi connectivity index (χ1v) is 11.4. The average Bonchev–Trinajstić information content (AvgIpc) is 3.30. The van der Waals surface area contributed by atoms with Gasteiger partial charge < -0.3 is 9.32 Å². The Labute approximate surface area is 177 Å². The number of nitrogens with one attached hydrogen (secondary N) is 1. The number of nitrogens with zero attached hydrogens (tertiary/aromatic N) is 1. The number of hydrogen-bond donors (Lipinski definition) is 1. The minimum atomic E-state index is -3.70. The second-order valence-corrected chi connectivity index (χ2v) is 8.87. The van der Waals surface area contributed by atoms with Crippen molar-refractivity contribution in [1.82, 2.24) is 9.62 Å². The van der Waals surface area contributed by atoms with Gasteiger partial charge >= 0.3 is 0 Å². The van der Waals surface area contributed by atoms with Gasteiger partial charge in [0, 0.05) is 18.2 Å². The van der Waals surface area contributed by atoms with Crippen molar-refractivity contribution in [2.24, 2.45) is 0 Å². The molecule has 0 saturated carbocycles. The number of amides is 1. The van der Waals surface area contributed by atoms with Crippen molar-refractivity contribution in [2.75, 3.05) is 0 Å². The van der Waals surface area contributed by atoms with Crippen LogP contribution in [0, 0.1) is 0 Å². The van der Waals surface area contributed by atoms with Gasteiger partial charge in [-0.1, -0.05) is 37.3 Å². The lowest BCUT2D eigenvalue weighted by molar-refractivity contribution is 0.0671. The Morgan fingerprint density at radius 3 is 2.33 bits per heavy atom. The molecule has 0 fully saturated rings. The van der Waals surface area contributed by atoms with Gasteiger partial charge in [-0.3, -0.25) is 4.79 Å². The molecule has 0 bridgehead atoms.